The zero-order valence-corrected chi connectivity index (χ0v) is 8.51. The van der Waals surface area contributed by atoms with Crippen LogP contribution in [0.3, 0.4) is 0 Å². The summed E-state index contributed by atoms with van der Waals surface area (Å²) in [5, 5.41) is 16.8. The third-order valence-corrected chi connectivity index (χ3v) is 2.05. The largest absolute Gasteiger partial charge is 0.508 e. The lowest BCUT2D eigenvalue weighted by molar-refractivity contribution is 0.474. The smallest absolute Gasteiger partial charge is 0.368 e. The van der Waals surface area contributed by atoms with Gasteiger partial charge in [-0.25, -0.2) is 4.79 Å². The van der Waals surface area contributed by atoms with Gasteiger partial charge in [0.05, 0.1) is 5.69 Å². The maximum atomic E-state index is 11.5. The first kappa shape index (κ1) is 9.72. The number of rotatable bonds is 1. The number of hydrogen-bond donors (Lipinski definition) is 1. The monoisotopic (exact) mass is 226 g/mol. The van der Waals surface area contributed by atoms with Crippen molar-refractivity contribution in [3.63, 3.8) is 0 Å². The van der Waals surface area contributed by atoms with Crippen LogP contribution in [0.25, 0.3) is 5.69 Å². The number of aryl methyl sites for hydroxylation is 1. The molecule has 7 heteroatoms. The number of hydrogen-bond acceptors (Lipinski definition) is 4. The van der Waals surface area contributed by atoms with Gasteiger partial charge in [-0.05, 0) is 22.6 Å². The lowest BCUT2D eigenvalue weighted by Crippen LogP contribution is -2.21. The van der Waals surface area contributed by atoms with Crippen molar-refractivity contribution in [3.05, 3.63) is 33.7 Å². The SMILES string of the molecule is Cn1nnn(-c2cc(O)cc(Cl)c2)c1=O. The maximum absolute atomic E-state index is 11.5. The van der Waals surface area contributed by atoms with E-state index >= 15 is 0 Å². The average Bonchev–Trinajstić information content (AvgIpc) is 2.46. The standard InChI is InChI=1S/C8H7ClN4O2/c1-12-8(15)13(11-10-12)6-2-5(9)3-7(14)4-6/h2-4,14H,1H3. The van der Waals surface area contributed by atoms with E-state index in [0.717, 1.165) is 9.36 Å². The minimum absolute atomic E-state index is 0.0324. The van der Waals surface area contributed by atoms with Crippen molar-refractivity contribution in [1.29, 1.82) is 0 Å². The Morgan fingerprint density at radius 3 is 2.60 bits per heavy atom. The molecule has 1 aromatic carbocycles. The molecule has 1 aromatic heterocycles. The number of aromatic hydroxyl groups is 1. The summed E-state index contributed by atoms with van der Waals surface area (Å²) in [7, 11) is 1.48. The number of tetrazole rings is 1. The van der Waals surface area contributed by atoms with Crippen molar-refractivity contribution >= 4 is 11.6 Å². The molecule has 0 atom stereocenters. The molecule has 15 heavy (non-hydrogen) atoms. The van der Waals surface area contributed by atoms with E-state index in [-0.39, 0.29) is 5.75 Å². The second-order valence-corrected chi connectivity index (χ2v) is 3.40. The molecule has 78 valence electrons. The zero-order valence-electron chi connectivity index (χ0n) is 7.75. The van der Waals surface area contributed by atoms with Gasteiger partial charge in [-0.2, -0.15) is 9.36 Å². The molecule has 6 nitrogen and oxygen atoms in total. The van der Waals surface area contributed by atoms with Crippen LogP contribution >= 0.6 is 11.6 Å². The van der Waals surface area contributed by atoms with Crippen LogP contribution in [0.5, 0.6) is 5.75 Å². The Bertz CT molecular complexity index is 540. The molecule has 0 aliphatic carbocycles. The number of halogens is 1. The minimum Gasteiger partial charge on any atom is -0.508 e. The van der Waals surface area contributed by atoms with Crippen LogP contribution in [-0.4, -0.2) is 24.9 Å². The molecule has 0 radical (unpaired) electrons. The first-order chi connectivity index (χ1) is 7.08. The van der Waals surface area contributed by atoms with Gasteiger partial charge in [-0.1, -0.05) is 11.6 Å². The van der Waals surface area contributed by atoms with Crippen LogP contribution in [-0.2, 0) is 7.05 Å². The Labute approximate surface area is 89.3 Å². The molecule has 2 rings (SSSR count). The summed E-state index contributed by atoms with van der Waals surface area (Å²) >= 11 is 5.73. The first-order valence-corrected chi connectivity index (χ1v) is 4.44. The molecule has 0 bridgehead atoms. The number of phenols is 1. The molecule has 0 saturated carbocycles. The Hall–Kier alpha value is -1.82. The van der Waals surface area contributed by atoms with Crippen LogP contribution in [0.2, 0.25) is 5.02 Å². The zero-order chi connectivity index (χ0) is 11.0. The molecule has 0 amide bonds. The van der Waals surface area contributed by atoms with E-state index < -0.39 is 5.69 Å². The molecule has 1 N–H and O–H groups in total. The van der Waals surface area contributed by atoms with Crippen LogP contribution in [0.4, 0.5) is 0 Å². The molecular weight excluding hydrogens is 220 g/mol. The van der Waals surface area contributed by atoms with Gasteiger partial charge in [0.15, 0.2) is 0 Å². The van der Waals surface area contributed by atoms with Crippen molar-refractivity contribution in [3.8, 4) is 11.4 Å². The Morgan fingerprint density at radius 1 is 1.33 bits per heavy atom. The van der Waals surface area contributed by atoms with Crippen molar-refractivity contribution in [1.82, 2.24) is 19.8 Å². The Balaban J connectivity index is 2.64. The van der Waals surface area contributed by atoms with Crippen LogP contribution < -0.4 is 5.69 Å². The molecule has 0 aliphatic rings. The van der Waals surface area contributed by atoms with E-state index in [1.165, 1.54) is 25.2 Å². The van der Waals surface area contributed by atoms with Crippen molar-refractivity contribution in [2.75, 3.05) is 0 Å². The lowest BCUT2D eigenvalue weighted by atomic mass is 10.3. The van der Waals surface area contributed by atoms with Gasteiger partial charge in [-0.3, -0.25) is 0 Å². The summed E-state index contributed by atoms with van der Waals surface area (Å²) in [4.78, 5) is 11.5. The van der Waals surface area contributed by atoms with Gasteiger partial charge in [0.1, 0.15) is 5.75 Å². The molecule has 0 aliphatic heterocycles. The molecule has 0 unspecified atom stereocenters. The highest BCUT2D eigenvalue weighted by Gasteiger charge is 2.07. The van der Waals surface area contributed by atoms with E-state index in [2.05, 4.69) is 10.4 Å². The van der Waals surface area contributed by atoms with Crippen molar-refractivity contribution < 1.29 is 5.11 Å². The number of benzene rings is 1. The summed E-state index contributed by atoms with van der Waals surface area (Å²) in [5.41, 5.74) is -0.0326. The average molecular weight is 227 g/mol. The van der Waals surface area contributed by atoms with Gasteiger partial charge in [0, 0.05) is 18.1 Å². The van der Waals surface area contributed by atoms with E-state index in [0.29, 0.717) is 10.7 Å². The van der Waals surface area contributed by atoms with Crippen LogP contribution in [0.1, 0.15) is 0 Å². The predicted octanol–water partition coefficient (Wildman–Crippen LogP) is 0.325. The lowest BCUT2D eigenvalue weighted by Gasteiger charge is -2.00. The molecular formula is C8H7ClN4O2. The number of nitrogens with zero attached hydrogens (tertiary/aromatic N) is 4. The molecule has 0 fully saturated rings. The normalized spacial score (nSPS) is 10.5. The minimum atomic E-state index is -0.406. The topological polar surface area (TPSA) is 72.9 Å². The summed E-state index contributed by atoms with van der Waals surface area (Å²) in [5.74, 6) is -0.0324. The Morgan fingerprint density at radius 2 is 2.07 bits per heavy atom. The van der Waals surface area contributed by atoms with Gasteiger partial charge < -0.3 is 5.11 Å². The number of aromatic nitrogens is 4. The predicted molar refractivity (Wildman–Crippen MR) is 53.3 cm³/mol. The van der Waals surface area contributed by atoms with Gasteiger partial charge in [0.2, 0.25) is 0 Å². The molecule has 1 heterocycles. The van der Waals surface area contributed by atoms with Crippen molar-refractivity contribution in [2.45, 2.75) is 0 Å². The van der Waals surface area contributed by atoms with Gasteiger partial charge in [-0.15, -0.1) is 0 Å². The van der Waals surface area contributed by atoms with Crippen molar-refractivity contribution in [2.24, 2.45) is 7.05 Å². The first-order valence-electron chi connectivity index (χ1n) is 4.07. The summed E-state index contributed by atoms with van der Waals surface area (Å²) in [6.45, 7) is 0. The Kier molecular flexibility index (Phi) is 2.20. The molecule has 0 spiro atoms. The highest BCUT2D eigenvalue weighted by atomic mass is 35.5. The summed E-state index contributed by atoms with van der Waals surface area (Å²) in [6, 6.07) is 4.26. The van der Waals surface area contributed by atoms with E-state index in [1.807, 2.05) is 0 Å². The second-order valence-electron chi connectivity index (χ2n) is 2.96. The molecule has 0 saturated heterocycles. The fraction of sp³-hybridized carbons (Fsp3) is 0.125. The highest BCUT2D eigenvalue weighted by Crippen LogP contribution is 2.20. The fourth-order valence-corrected chi connectivity index (χ4v) is 1.38. The van der Waals surface area contributed by atoms with E-state index in [9.17, 15) is 9.90 Å². The second kappa shape index (κ2) is 3.39. The van der Waals surface area contributed by atoms with E-state index in [4.69, 9.17) is 11.6 Å². The third-order valence-electron chi connectivity index (χ3n) is 1.83. The fourth-order valence-electron chi connectivity index (χ4n) is 1.16. The quantitative estimate of drug-likeness (QED) is 0.760. The van der Waals surface area contributed by atoms with Crippen LogP contribution in [0.15, 0.2) is 23.0 Å². The number of phenolic OH excluding ortho intramolecular Hbond substituents is 1. The summed E-state index contributed by atoms with van der Waals surface area (Å²) < 4.78 is 2.13. The van der Waals surface area contributed by atoms with Gasteiger partial charge in [0.25, 0.3) is 0 Å². The van der Waals surface area contributed by atoms with E-state index in [1.54, 1.807) is 0 Å². The molecule has 2 aromatic rings. The third kappa shape index (κ3) is 1.71. The van der Waals surface area contributed by atoms with Gasteiger partial charge >= 0.3 is 5.69 Å². The van der Waals surface area contributed by atoms with Crippen LogP contribution in [0, 0.1) is 0 Å². The summed E-state index contributed by atoms with van der Waals surface area (Å²) in [6.07, 6.45) is 0. The highest BCUT2D eigenvalue weighted by molar-refractivity contribution is 6.30. The maximum Gasteiger partial charge on any atom is 0.368 e.